The summed E-state index contributed by atoms with van der Waals surface area (Å²) >= 11 is 0. The van der Waals surface area contributed by atoms with Gasteiger partial charge in [-0.25, -0.2) is 0 Å². The maximum absolute atomic E-state index is 8.60. The van der Waals surface area contributed by atoms with Crippen LogP contribution in [0.15, 0.2) is 0 Å². The maximum Gasteiger partial charge on any atom is 0.0645 e. The second-order valence-corrected chi connectivity index (χ2v) is 5.34. The van der Waals surface area contributed by atoms with Crippen LogP contribution in [0.5, 0.6) is 0 Å². The number of hydrogen-bond donors (Lipinski definition) is 0. The van der Waals surface area contributed by atoms with Gasteiger partial charge in [0, 0.05) is 0 Å². The SMILES string of the molecule is CC.CC.N#CCCOCC(COCCC#N)(COCCC#N)COCCC#N. The summed E-state index contributed by atoms with van der Waals surface area (Å²) in [6.07, 6.45) is 1.10. The number of nitrogens with zero attached hydrogens (tertiary/aromatic N) is 4. The standard InChI is InChI=1S/C17H24N4O4.2C2H6/c18-5-1-9-22-13-17(14-23-10-2-6-19,15-24-11-3-7-20)16-25-12-4-8-21;2*1-2/h1-4,9-16H2;2*1-2H3. The zero-order valence-corrected chi connectivity index (χ0v) is 18.4. The van der Waals surface area contributed by atoms with Crippen molar-refractivity contribution in [3.63, 3.8) is 0 Å². The number of hydrogen-bond acceptors (Lipinski definition) is 8. The average Bonchev–Trinajstić information content (AvgIpc) is 2.77. The Balaban J connectivity index is -0.00000158. The molecule has 0 aromatic rings. The molecule has 0 aliphatic carbocycles. The first-order valence-corrected chi connectivity index (χ1v) is 10.0. The third-order valence-electron chi connectivity index (χ3n) is 3.07. The molecule has 0 saturated carbocycles. The normalized spacial score (nSPS) is 9.38. The van der Waals surface area contributed by atoms with Gasteiger partial charge in [-0.15, -0.1) is 0 Å². The molecule has 0 amide bonds. The summed E-state index contributed by atoms with van der Waals surface area (Å²) in [5, 5.41) is 34.4. The Bertz CT molecular complexity index is 407. The topological polar surface area (TPSA) is 132 Å². The summed E-state index contributed by atoms with van der Waals surface area (Å²) in [6.45, 7) is 10.1. The van der Waals surface area contributed by atoms with Gasteiger partial charge in [0.1, 0.15) is 0 Å². The Kier molecular flexibility index (Phi) is 30.4. The monoisotopic (exact) mass is 408 g/mol. The van der Waals surface area contributed by atoms with E-state index in [0.717, 1.165) is 0 Å². The first kappa shape index (κ1) is 31.5. The molecule has 0 aliphatic rings. The van der Waals surface area contributed by atoms with Gasteiger partial charge in [0.15, 0.2) is 0 Å². The maximum atomic E-state index is 8.60. The van der Waals surface area contributed by atoms with Crippen LogP contribution in [0.25, 0.3) is 0 Å². The summed E-state index contributed by atoms with van der Waals surface area (Å²) in [6, 6.07) is 8.03. The van der Waals surface area contributed by atoms with E-state index in [-0.39, 0.29) is 78.5 Å². The van der Waals surface area contributed by atoms with Crippen LogP contribution in [0.1, 0.15) is 53.4 Å². The minimum Gasteiger partial charge on any atom is -0.380 e. The number of rotatable bonds is 16. The highest BCUT2D eigenvalue weighted by Gasteiger charge is 2.32. The van der Waals surface area contributed by atoms with Crippen molar-refractivity contribution in [3.8, 4) is 24.3 Å². The summed E-state index contributed by atoms with van der Waals surface area (Å²) in [5.41, 5.74) is -0.629. The second kappa shape index (κ2) is 28.0. The highest BCUT2D eigenvalue weighted by Crippen LogP contribution is 2.21. The van der Waals surface area contributed by atoms with Gasteiger partial charge >= 0.3 is 0 Å². The van der Waals surface area contributed by atoms with Crippen LogP contribution >= 0.6 is 0 Å². The van der Waals surface area contributed by atoms with Gasteiger partial charge in [-0.1, -0.05) is 27.7 Å². The van der Waals surface area contributed by atoms with Crippen molar-refractivity contribution in [2.24, 2.45) is 5.41 Å². The Morgan fingerprint density at radius 3 is 0.862 bits per heavy atom. The molecule has 29 heavy (non-hydrogen) atoms. The van der Waals surface area contributed by atoms with Gasteiger partial charge in [-0.2, -0.15) is 21.0 Å². The molecule has 0 unspecified atom stereocenters. The molecule has 0 aliphatic heterocycles. The van der Waals surface area contributed by atoms with Crippen molar-refractivity contribution in [1.29, 1.82) is 21.0 Å². The minimum atomic E-state index is -0.629. The minimum absolute atomic E-state index is 0.250. The van der Waals surface area contributed by atoms with Gasteiger partial charge in [0.2, 0.25) is 0 Å². The lowest BCUT2D eigenvalue weighted by Gasteiger charge is -2.32. The van der Waals surface area contributed by atoms with E-state index in [1.165, 1.54) is 0 Å². The van der Waals surface area contributed by atoms with E-state index in [2.05, 4.69) is 0 Å². The number of ether oxygens (including phenoxy) is 4. The van der Waals surface area contributed by atoms with E-state index in [0.29, 0.717) is 0 Å². The van der Waals surface area contributed by atoms with Gasteiger partial charge < -0.3 is 18.9 Å². The predicted molar refractivity (Wildman–Crippen MR) is 109 cm³/mol. The zero-order valence-electron chi connectivity index (χ0n) is 18.4. The third-order valence-corrected chi connectivity index (χ3v) is 3.07. The Morgan fingerprint density at radius 2 is 0.690 bits per heavy atom. The smallest absolute Gasteiger partial charge is 0.0645 e. The molecule has 0 atom stereocenters. The van der Waals surface area contributed by atoms with E-state index >= 15 is 0 Å². The van der Waals surface area contributed by atoms with Crippen LogP contribution in [0.4, 0.5) is 0 Å². The highest BCUT2D eigenvalue weighted by molar-refractivity contribution is 4.81. The summed E-state index contributed by atoms with van der Waals surface area (Å²) in [4.78, 5) is 0. The van der Waals surface area contributed by atoms with Crippen LogP contribution in [-0.4, -0.2) is 52.9 Å². The largest absolute Gasteiger partial charge is 0.380 e. The summed E-state index contributed by atoms with van der Waals surface area (Å²) in [7, 11) is 0. The number of nitriles is 4. The Morgan fingerprint density at radius 1 is 0.483 bits per heavy atom. The molecular weight excluding hydrogens is 372 g/mol. The van der Waals surface area contributed by atoms with Gasteiger partial charge in [0.25, 0.3) is 0 Å². The molecule has 164 valence electrons. The van der Waals surface area contributed by atoms with Crippen LogP contribution in [0.3, 0.4) is 0 Å². The molecule has 0 spiro atoms. The lowest BCUT2D eigenvalue weighted by atomic mass is 9.92. The molecular formula is C21H36N4O4. The lowest BCUT2D eigenvalue weighted by Crippen LogP contribution is -2.42. The zero-order chi connectivity index (χ0) is 22.6. The molecule has 0 rings (SSSR count). The van der Waals surface area contributed by atoms with Crippen molar-refractivity contribution in [2.75, 3.05) is 52.9 Å². The second-order valence-electron chi connectivity index (χ2n) is 5.34. The van der Waals surface area contributed by atoms with Crippen molar-refractivity contribution >= 4 is 0 Å². The molecule has 0 aromatic heterocycles. The third kappa shape index (κ3) is 22.0. The molecule has 0 heterocycles. The van der Waals surface area contributed by atoms with Crippen LogP contribution in [0.2, 0.25) is 0 Å². The predicted octanol–water partition coefficient (Wildman–Crippen LogP) is 3.75. The molecule has 0 bridgehead atoms. The summed E-state index contributed by atoms with van der Waals surface area (Å²) < 4.78 is 22.2. The van der Waals surface area contributed by atoms with Crippen LogP contribution in [-0.2, 0) is 18.9 Å². The van der Waals surface area contributed by atoms with Crippen LogP contribution < -0.4 is 0 Å². The fraction of sp³-hybridized carbons (Fsp3) is 0.810. The first-order chi connectivity index (χ1) is 14.2. The highest BCUT2D eigenvalue weighted by atomic mass is 16.5. The molecule has 0 fully saturated rings. The molecule has 0 radical (unpaired) electrons. The summed E-state index contributed by atoms with van der Waals surface area (Å²) in [5.74, 6) is 0. The van der Waals surface area contributed by atoms with Gasteiger partial charge in [0.05, 0.1) is 108 Å². The first-order valence-electron chi connectivity index (χ1n) is 10.0. The van der Waals surface area contributed by atoms with Crippen LogP contribution in [0, 0.1) is 50.7 Å². The van der Waals surface area contributed by atoms with Crippen molar-refractivity contribution in [1.82, 2.24) is 0 Å². The van der Waals surface area contributed by atoms with Crippen molar-refractivity contribution in [3.05, 3.63) is 0 Å². The fourth-order valence-corrected chi connectivity index (χ4v) is 1.88. The van der Waals surface area contributed by atoms with Gasteiger partial charge in [-0.3, -0.25) is 0 Å². The molecule has 0 N–H and O–H groups in total. The lowest BCUT2D eigenvalue weighted by molar-refractivity contribution is -0.104. The quantitative estimate of drug-likeness (QED) is 0.353. The molecule has 0 aromatic carbocycles. The van der Waals surface area contributed by atoms with Crippen molar-refractivity contribution in [2.45, 2.75) is 53.4 Å². The molecule has 8 nitrogen and oxygen atoms in total. The Hall–Kier alpha value is -2.20. The van der Waals surface area contributed by atoms with E-state index in [1.807, 2.05) is 52.0 Å². The average molecular weight is 409 g/mol. The molecule has 8 heteroatoms. The van der Waals surface area contributed by atoms with E-state index < -0.39 is 5.41 Å². The van der Waals surface area contributed by atoms with E-state index in [1.54, 1.807) is 0 Å². The fourth-order valence-electron chi connectivity index (χ4n) is 1.88. The molecule has 0 saturated heterocycles. The van der Waals surface area contributed by atoms with E-state index in [4.69, 9.17) is 40.0 Å². The van der Waals surface area contributed by atoms with Gasteiger partial charge in [-0.05, 0) is 0 Å². The van der Waals surface area contributed by atoms with E-state index in [9.17, 15) is 0 Å². The van der Waals surface area contributed by atoms with Crippen molar-refractivity contribution < 1.29 is 18.9 Å². The Labute approximate surface area is 176 Å².